The molecular weight excluding hydrogens is 350 g/mol. The molecule has 1 aromatic heterocycles. The van der Waals surface area contributed by atoms with Gasteiger partial charge in [-0.3, -0.25) is 0 Å². The maximum Gasteiger partial charge on any atom is 0.258 e. The van der Waals surface area contributed by atoms with Crippen LogP contribution in [0.3, 0.4) is 0 Å². The van der Waals surface area contributed by atoms with E-state index in [0.717, 1.165) is 24.0 Å². The molecule has 0 spiro atoms. The van der Waals surface area contributed by atoms with Crippen molar-refractivity contribution in [3.63, 3.8) is 0 Å². The predicted molar refractivity (Wildman–Crippen MR) is 109 cm³/mol. The number of hydrogen-bond acceptors (Lipinski definition) is 5. The Hall–Kier alpha value is -3.13. The van der Waals surface area contributed by atoms with E-state index in [-0.39, 0.29) is 6.10 Å². The molecule has 1 heterocycles. The van der Waals surface area contributed by atoms with E-state index in [0.29, 0.717) is 34.5 Å². The van der Waals surface area contributed by atoms with Crippen molar-refractivity contribution in [1.82, 2.24) is 10.1 Å². The van der Waals surface area contributed by atoms with Crippen LogP contribution in [0.25, 0.3) is 17.0 Å². The fraction of sp³-hybridized carbons (Fsp3) is 0.348. The molecule has 5 nitrogen and oxygen atoms in total. The standard InChI is InChI=1S/C23H25N3O2/c1-6-7-20(19-10-8-15(4)16(19)5)22-25-23(28-26-22)17-9-11-21(27-14(2)3)18(12-17)13-24/h6-7,9,11-12,14-15H,5,8,10H2,1-4H3/b7-6-,20-19+/t15-/m1/s1. The monoisotopic (exact) mass is 375 g/mol. The quantitative estimate of drug-likeness (QED) is 0.669. The van der Waals surface area contributed by atoms with E-state index >= 15 is 0 Å². The summed E-state index contributed by atoms with van der Waals surface area (Å²) in [4.78, 5) is 4.59. The van der Waals surface area contributed by atoms with E-state index in [1.54, 1.807) is 12.1 Å². The number of ether oxygens (including phenoxy) is 1. The Bertz CT molecular complexity index is 990. The molecule has 0 aliphatic heterocycles. The topological polar surface area (TPSA) is 71.9 Å². The second kappa shape index (κ2) is 8.26. The maximum absolute atomic E-state index is 9.44. The van der Waals surface area contributed by atoms with Gasteiger partial charge in [0, 0.05) is 11.1 Å². The fourth-order valence-electron chi connectivity index (χ4n) is 3.33. The number of allylic oxidation sites excluding steroid dienone is 5. The minimum absolute atomic E-state index is 0.00938. The van der Waals surface area contributed by atoms with E-state index in [4.69, 9.17) is 9.26 Å². The highest BCUT2D eigenvalue weighted by atomic mass is 16.5. The van der Waals surface area contributed by atoms with E-state index in [9.17, 15) is 5.26 Å². The van der Waals surface area contributed by atoms with Crippen molar-refractivity contribution in [3.05, 3.63) is 59.5 Å². The Kier molecular flexibility index (Phi) is 5.79. The first-order chi connectivity index (χ1) is 13.4. The summed E-state index contributed by atoms with van der Waals surface area (Å²) in [6.07, 6.45) is 6.02. The van der Waals surface area contributed by atoms with Gasteiger partial charge in [-0.25, -0.2) is 0 Å². The molecule has 1 aliphatic rings. The molecule has 2 aromatic rings. The van der Waals surface area contributed by atoms with Gasteiger partial charge in [0.2, 0.25) is 5.82 Å². The van der Waals surface area contributed by atoms with Crippen LogP contribution in [0.5, 0.6) is 5.75 Å². The molecule has 5 heteroatoms. The predicted octanol–water partition coefficient (Wildman–Crippen LogP) is 5.71. The lowest BCUT2D eigenvalue weighted by molar-refractivity contribution is 0.242. The molecule has 0 saturated heterocycles. The third-order valence-electron chi connectivity index (χ3n) is 4.84. The Morgan fingerprint density at radius 2 is 2.21 bits per heavy atom. The van der Waals surface area contributed by atoms with Crippen LogP contribution in [0.1, 0.15) is 51.9 Å². The highest BCUT2D eigenvalue weighted by Crippen LogP contribution is 2.39. The lowest BCUT2D eigenvalue weighted by atomic mass is 9.99. The summed E-state index contributed by atoms with van der Waals surface area (Å²) in [5.74, 6) is 1.93. The molecule has 1 atom stereocenters. The Morgan fingerprint density at radius 1 is 1.43 bits per heavy atom. The summed E-state index contributed by atoms with van der Waals surface area (Å²) in [5, 5.41) is 13.6. The molecule has 1 fully saturated rings. The van der Waals surface area contributed by atoms with Crippen molar-refractivity contribution in [3.8, 4) is 23.3 Å². The van der Waals surface area contributed by atoms with Gasteiger partial charge in [0.1, 0.15) is 11.8 Å². The number of rotatable bonds is 5. The third-order valence-corrected chi connectivity index (χ3v) is 4.84. The van der Waals surface area contributed by atoms with E-state index in [1.165, 1.54) is 5.57 Å². The van der Waals surface area contributed by atoms with E-state index in [1.807, 2.05) is 39.0 Å². The van der Waals surface area contributed by atoms with Gasteiger partial charge in [0.05, 0.1) is 11.7 Å². The molecule has 1 saturated carbocycles. The zero-order valence-electron chi connectivity index (χ0n) is 16.8. The molecule has 0 N–H and O–H groups in total. The smallest absolute Gasteiger partial charge is 0.258 e. The molecule has 0 bridgehead atoms. The first-order valence-corrected chi connectivity index (χ1v) is 9.54. The highest BCUT2D eigenvalue weighted by Gasteiger charge is 2.25. The number of aromatic nitrogens is 2. The van der Waals surface area contributed by atoms with Crippen LogP contribution in [-0.4, -0.2) is 16.2 Å². The third kappa shape index (κ3) is 3.91. The lowest BCUT2D eigenvalue weighted by Gasteiger charge is -2.11. The lowest BCUT2D eigenvalue weighted by Crippen LogP contribution is -2.06. The largest absolute Gasteiger partial charge is 0.490 e. The summed E-state index contributed by atoms with van der Waals surface area (Å²) in [6, 6.07) is 7.48. The summed E-state index contributed by atoms with van der Waals surface area (Å²) in [5.41, 5.74) is 4.41. The highest BCUT2D eigenvalue weighted by molar-refractivity contribution is 5.77. The second-order valence-corrected chi connectivity index (χ2v) is 7.27. The zero-order chi connectivity index (χ0) is 20.3. The average molecular weight is 375 g/mol. The average Bonchev–Trinajstić information content (AvgIpc) is 3.28. The van der Waals surface area contributed by atoms with Gasteiger partial charge in [-0.05, 0) is 68.9 Å². The number of nitrogens with zero attached hydrogens (tertiary/aromatic N) is 3. The van der Waals surface area contributed by atoms with Crippen LogP contribution < -0.4 is 4.74 Å². The molecule has 0 amide bonds. The normalized spacial score (nSPS) is 18.7. The van der Waals surface area contributed by atoms with Gasteiger partial charge in [0.15, 0.2) is 0 Å². The molecule has 3 rings (SSSR count). The van der Waals surface area contributed by atoms with Crippen LogP contribution in [0, 0.1) is 17.2 Å². The first-order valence-electron chi connectivity index (χ1n) is 9.54. The Morgan fingerprint density at radius 3 is 2.82 bits per heavy atom. The minimum Gasteiger partial charge on any atom is -0.490 e. The molecule has 0 unspecified atom stereocenters. The van der Waals surface area contributed by atoms with Crippen molar-refractivity contribution in [2.75, 3.05) is 0 Å². The molecule has 1 aromatic carbocycles. The molecular formula is C23H25N3O2. The van der Waals surface area contributed by atoms with Gasteiger partial charge in [0.25, 0.3) is 5.89 Å². The van der Waals surface area contributed by atoms with Crippen LogP contribution in [0.2, 0.25) is 0 Å². The number of nitriles is 1. The molecule has 144 valence electrons. The van der Waals surface area contributed by atoms with Crippen molar-refractivity contribution < 1.29 is 9.26 Å². The Labute approximate surface area is 166 Å². The fourth-order valence-corrected chi connectivity index (χ4v) is 3.33. The van der Waals surface area contributed by atoms with Gasteiger partial charge < -0.3 is 9.26 Å². The van der Waals surface area contributed by atoms with Crippen molar-refractivity contribution >= 4 is 5.57 Å². The van der Waals surface area contributed by atoms with E-state index < -0.39 is 0 Å². The van der Waals surface area contributed by atoms with Gasteiger partial charge in [-0.2, -0.15) is 10.2 Å². The minimum atomic E-state index is -0.00938. The summed E-state index contributed by atoms with van der Waals surface area (Å²) in [7, 11) is 0. The first kappa shape index (κ1) is 19.6. The SMILES string of the molecule is C=C1/C(=C(\C=C/C)c2noc(-c3ccc(OC(C)C)c(C#N)c3)n2)CC[C@H]1C. The van der Waals surface area contributed by atoms with Crippen molar-refractivity contribution in [2.24, 2.45) is 5.92 Å². The van der Waals surface area contributed by atoms with Gasteiger partial charge >= 0.3 is 0 Å². The number of benzene rings is 1. The maximum atomic E-state index is 9.44. The summed E-state index contributed by atoms with van der Waals surface area (Å²) in [6.45, 7) is 12.2. The van der Waals surface area contributed by atoms with Crippen molar-refractivity contribution in [1.29, 1.82) is 5.26 Å². The van der Waals surface area contributed by atoms with Crippen LogP contribution >= 0.6 is 0 Å². The molecule has 1 aliphatic carbocycles. The van der Waals surface area contributed by atoms with E-state index in [2.05, 4.69) is 29.7 Å². The molecule has 28 heavy (non-hydrogen) atoms. The molecule has 0 radical (unpaired) electrons. The van der Waals surface area contributed by atoms with Gasteiger partial charge in [-0.15, -0.1) is 0 Å². The Balaban J connectivity index is 1.99. The number of hydrogen-bond donors (Lipinski definition) is 0. The summed E-state index contributed by atoms with van der Waals surface area (Å²) >= 11 is 0. The van der Waals surface area contributed by atoms with Gasteiger partial charge in [-0.1, -0.05) is 30.8 Å². The second-order valence-electron chi connectivity index (χ2n) is 7.27. The zero-order valence-corrected chi connectivity index (χ0v) is 16.8. The summed E-state index contributed by atoms with van der Waals surface area (Å²) < 4.78 is 11.2. The van der Waals surface area contributed by atoms with Crippen LogP contribution in [-0.2, 0) is 0 Å². The van der Waals surface area contributed by atoms with Crippen LogP contribution in [0.15, 0.2) is 52.6 Å². The van der Waals surface area contributed by atoms with Crippen LogP contribution in [0.4, 0.5) is 0 Å². The van der Waals surface area contributed by atoms with Crippen molar-refractivity contribution in [2.45, 2.75) is 46.6 Å².